The van der Waals surface area contributed by atoms with Gasteiger partial charge in [0.25, 0.3) is 0 Å². The fourth-order valence-electron chi connectivity index (χ4n) is 1.65. The Bertz CT molecular complexity index is 250. The van der Waals surface area contributed by atoms with Gasteiger partial charge in [-0.05, 0) is 39.5 Å². The lowest BCUT2D eigenvalue weighted by Gasteiger charge is -2.23. The zero-order valence-electron chi connectivity index (χ0n) is 11.0. The molecule has 0 aromatic heterocycles. The molecule has 0 amide bonds. The lowest BCUT2D eigenvalue weighted by Crippen LogP contribution is -2.21. The van der Waals surface area contributed by atoms with Crippen LogP contribution in [0.2, 0.25) is 0 Å². The number of hydrogen-bond donors (Lipinski definition) is 0. The van der Waals surface area contributed by atoms with Gasteiger partial charge < -0.3 is 4.74 Å². The van der Waals surface area contributed by atoms with Gasteiger partial charge in [0, 0.05) is 6.61 Å². The molecule has 0 radical (unpaired) electrons. The van der Waals surface area contributed by atoms with Crippen LogP contribution in [0.4, 0.5) is 0 Å². The van der Waals surface area contributed by atoms with Crippen LogP contribution < -0.4 is 0 Å². The van der Waals surface area contributed by atoms with Gasteiger partial charge in [0.15, 0.2) is 0 Å². The van der Waals surface area contributed by atoms with E-state index >= 15 is 0 Å². The van der Waals surface area contributed by atoms with Crippen molar-refractivity contribution in [2.45, 2.75) is 46.6 Å². The highest BCUT2D eigenvalue weighted by Crippen LogP contribution is 2.16. The van der Waals surface area contributed by atoms with Crippen LogP contribution in [0.3, 0.4) is 0 Å². The summed E-state index contributed by atoms with van der Waals surface area (Å²) < 4.78 is 5.39. The van der Waals surface area contributed by atoms with E-state index in [1.165, 1.54) is 24.0 Å². The summed E-state index contributed by atoms with van der Waals surface area (Å²) in [4.78, 5) is 0. The smallest absolute Gasteiger partial charge is 0.0547 e. The van der Waals surface area contributed by atoms with Gasteiger partial charge in [-0.25, -0.2) is 0 Å². The Morgan fingerprint density at radius 1 is 0.938 bits per heavy atom. The van der Waals surface area contributed by atoms with Crippen LogP contribution in [-0.2, 0) is 4.74 Å². The second kappa shape index (κ2) is 6.70. The van der Waals surface area contributed by atoms with Crippen molar-refractivity contribution in [1.82, 2.24) is 0 Å². The Morgan fingerprint density at radius 3 is 1.75 bits per heavy atom. The second-order valence-corrected chi connectivity index (χ2v) is 4.98. The molecule has 0 N–H and O–H groups in total. The van der Waals surface area contributed by atoms with E-state index in [-0.39, 0.29) is 0 Å². The van der Waals surface area contributed by atoms with Gasteiger partial charge in [0.05, 0.1) is 6.10 Å². The van der Waals surface area contributed by atoms with Crippen molar-refractivity contribution in [3.63, 3.8) is 0 Å². The topological polar surface area (TPSA) is 9.23 Å². The summed E-state index contributed by atoms with van der Waals surface area (Å²) in [6.45, 7) is 9.55. The third-order valence-electron chi connectivity index (χ3n) is 2.95. The number of aryl methyl sites for hydroxylation is 2. The second-order valence-electron chi connectivity index (χ2n) is 4.98. The van der Waals surface area contributed by atoms with Gasteiger partial charge in [-0.15, -0.1) is 0 Å². The molecule has 1 heteroatoms. The molecule has 1 aliphatic heterocycles. The molecule has 1 aliphatic rings. The fraction of sp³-hybridized carbons (Fsp3) is 0.600. The molecule has 1 heterocycles. The summed E-state index contributed by atoms with van der Waals surface area (Å²) in [5.74, 6) is 0.797. The summed E-state index contributed by atoms with van der Waals surface area (Å²) >= 11 is 0. The predicted octanol–water partition coefficient (Wildman–Crippen LogP) is 4.12. The number of rotatable bonds is 0. The normalized spacial score (nSPS) is 24.5. The van der Waals surface area contributed by atoms with Crippen LogP contribution in [0.1, 0.15) is 37.8 Å². The Labute approximate surface area is 99.8 Å². The molecular weight excluding hydrogens is 196 g/mol. The Morgan fingerprint density at radius 2 is 1.44 bits per heavy atom. The molecule has 2 unspecified atom stereocenters. The minimum atomic E-state index is 0.520. The van der Waals surface area contributed by atoms with Crippen molar-refractivity contribution in [1.29, 1.82) is 0 Å². The summed E-state index contributed by atoms with van der Waals surface area (Å²) in [5, 5.41) is 0. The largest absolute Gasteiger partial charge is 0.378 e. The molecule has 0 bridgehead atoms. The molecule has 0 spiro atoms. The van der Waals surface area contributed by atoms with Crippen molar-refractivity contribution < 1.29 is 4.74 Å². The average molecular weight is 220 g/mol. The van der Waals surface area contributed by atoms with Crippen molar-refractivity contribution in [2.24, 2.45) is 5.92 Å². The van der Waals surface area contributed by atoms with Crippen LogP contribution in [0.15, 0.2) is 24.3 Å². The van der Waals surface area contributed by atoms with Crippen molar-refractivity contribution in [3.8, 4) is 0 Å². The van der Waals surface area contributed by atoms with Crippen LogP contribution in [0, 0.1) is 19.8 Å². The molecule has 1 nitrogen and oxygen atoms in total. The maximum atomic E-state index is 5.39. The molecule has 0 saturated carbocycles. The van der Waals surface area contributed by atoms with Gasteiger partial charge in [-0.2, -0.15) is 0 Å². The summed E-state index contributed by atoms with van der Waals surface area (Å²) in [5.41, 5.74) is 2.66. The van der Waals surface area contributed by atoms with Crippen LogP contribution in [0.5, 0.6) is 0 Å². The van der Waals surface area contributed by atoms with Gasteiger partial charge >= 0.3 is 0 Å². The third-order valence-corrected chi connectivity index (χ3v) is 2.95. The molecular formula is C15H24O. The Kier molecular flexibility index (Phi) is 5.54. The molecule has 2 rings (SSSR count). The third kappa shape index (κ3) is 5.32. The molecule has 2 atom stereocenters. The van der Waals surface area contributed by atoms with E-state index in [0.717, 1.165) is 12.5 Å². The zero-order chi connectivity index (χ0) is 12.0. The predicted molar refractivity (Wildman–Crippen MR) is 69.7 cm³/mol. The lowest BCUT2D eigenvalue weighted by atomic mass is 10.0. The summed E-state index contributed by atoms with van der Waals surface area (Å²) in [6.07, 6.45) is 3.12. The Balaban J connectivity index is 0.000000160. The van der Waals surface area contributed by atoms with Gasteiger partial charge in [0.1, 0.15) is 0 Å². The van der Waals surface area contributed by atoms with E-state index in [1.54, 1.807) is 0 Å². The first kappa shape index (κ1) is 13.2. The van der Waals surface area contributed by atoms with Crippen molar-refractivity contribution >= 4 is 0 Å². The van der Waals surface area contributed by atoms with E-state index < -0.39 is 0 Å². The molecule has 1 aromatic rings. The van der Waals surface area contributed by atoms with E-state index in [9.17, 15) is 0 Å². The minimum Gasteiger partial charge on any atom is -0.378 e. The molecule has 0 aliphatic carbocycles. The first-order valence-electron chi connectivity index (χ1n) is 6.23. The number of benzene rings is 1. The zero-order valence-corrected chi connectivity index (χ0v) is 11.0. The van der Waals surface area contributed by atoms with E-state index in [2.05, 4.69) is 52.0 Å². The molecule has 1 aromatic carbocycles. The minimum absolute atomic E-state index is 0.520. The fourth-order valence-corrected chi connectivity index (χ4v) is 1.65. The monoisotopic (exact) mass is 220 g/mol. The lowest BCUT2D eigenvalue weighted by molar-refractivity contribution is 0.000267. The van der Waals surface area contributed by atoms with E-state index in [0.29, 0.717) is 6.10 Å². The number of ether oxygens (including phenoxy) is 1. The first-order valence-corrected chi connectivity index (χ1v) is 6.23. The van der Waals surface area contributed by atoms with Gasteiger partial charge in [0.2, 0.25) is 0 Å². The molecule has 90 valence electrons. The van der Waals surface area contributed by atoms with Crippen LogP contribution in [-0.4, -0.2) is 12.7 Å². The van der Waals surface area contributed by atoms with Gasteiger partial charge in [-0.1, -0.05) is 42.3 Å². The summed E-state index contributed by atoms with van der Waals surface area (Å²) in [7, 11) is 0. The molecule has 1 fully saturated rings. The Hall–Kier alpha value is -0.820. The van der Waals surface area contributed by atoms with Crippen LogP contribution >= 0.6 is 0 Å². The highest BCUT2D eigenvalue weighted by molar-refractivity contribution is 5.19. The average Bonchev–Trinajstić information content (AvgIpc) is 2.28. The first-order chi connectivity index (χ1) is 7.58. The quantitative estimate of drug-likeness (QED) is 0.639. The maximum absolute atomic E-state index is 5.39. The maximum Gasteiger partial charge on any atom is 0.0547 e. The van der Waals surface area contributed by atoms with E-state index in [1.807, 2.05) is 0 Å². The van der Waals surface area contributed by atoms with Crippen molar-refractivity contribution in [2.75, 3.05) is 6.61 Å². The van der Waals surface area contributed by atoms with E-state index in [4.69, 9.17) is 4.74 Å². The summed E-state index contributed by atoms with van der Waals surface area (Å²) in [6, 6.07) is 8.48. The highest BCUT2D eigenvalue weighted by atomic mass is 16.5. The number of hydrogen-bond acceptors (Lipinski definition) is 1. The molecule has 16 heavy (non-hydrogen) atoms. The highest BCUT2D eigenvalue weighted by Gasteiger charge is 2.13. The van der Waals surface area contributed by atoms with Crippen LogP contribution in [0.25, 0.3) is 0 Å². The van der Waals surface area contributed by atoms with Crippen molar-refractivity contribution in [3.05, 3.63) is 35.4 Å². The molecule has 1 saturated heterocycles. The standard InChI is InChI=1S/C8H10.C7H14O/c1-7-3-5-8(2)6-4-7;1-6-3-4-7(2)8-5-6/h3-6H,1-2H3;6-7H,3-5H2,1-2H3. The van der Waals surface area contributed by atoms with Gasteiger partial charge in [-0.3, -0.25) is 0 Å². The SMILES string of the molecule is CC1CCC(C)OC1.Cc1ccc(C)cc1.